The van der Waals surface area contributed by atoms with Gasteiger partial charge in [0.2, 0.25) is 11.8 Å². The smallest absolute Gasteiger partial charge is 0.226 e. The summed E-state index contributed by atoms with van der Waals surface area (Å²) in [6, 6.07) is 13.3. The predicted molar refractivity (Wildman–Crippen MR) is 108 cm³/mol. The maximum Gasteiger partial charge on any atom is 0.226 e. The summed E-state index contributed by atoms with van der Waals surface area (Å²) < 4.78 is 0. The molecule has 0 aromatic heterocycles. The van der Waals surface area contributed by atoms with E-state index in [-0.39, 0.29) is 18.2 Å². The molecule has 0 fully saturated rings. The van der Waals surface area contributed by atoms with Gasteiger partial charge in [-0.15, -0.1) is 0 Å². The van der Waals surface area contributed by atoms with Gasteiger partial charge in [-0.3, -0.25) is 9.59 Å². The topological polar surface area (TPSA) is 49.4 Å². The highest BCUT2D eigenvalue weighted by molar-refractivity contribution is 6.31. The van der Waals surface area contributed by atoms with Gasteiger partial charge in [-0.2, -0.15) is 0 Å². The maximum absolute atomic E-state index is 12.2. The van der Waals surface area contributed by atoms with Crippen LogP contribution in [0, 0.1) is 6.92 Å². The molecular weight excluding hydrogens is 348 g/mol. The molecule has 0 saturated carbocycles. The first-order chi connectivity index (χ1) is 12.3. The van der Waals surface area contributed by atoms with Crippen LogP contribution in [0.25, 0.3) is 0 Å². The summed E-state index contributed by atoms with van der Waals surface area (Å²) in [6.07, 6.45) is 0.205. The Hall–Kier alpha value is -2.33. The van der Waals surface area contributed by atoms with Crippen LogP contribution in [0.3, 0.4) is 0 Å². The average molecular weight is 373 g/mol. The Kier molecular flexibility index (Phi) is 6.81. The van der Waals surface area contributed by atoms with Crippen molar-refractivity contribution in [2.45, 2.75) is 40.0 Å². The van der Waals surface area contributed by atoms with E-state index in [1.807, 2.05) is 43.3 Å². The molecule has 2 amide bonds. The van der Waals surface area contributed by atoms with Crippen LogP contribution in [0.2, 0.25) is 5.02 Å². The van der Waals surface area contributed by atoms with Crippen molar-refractivity contribution in [3.8, 4) is 0 Å². The van der Waals surface area contributed by atoms with E-state index in [1.165, 1.54) is 12.5 Å². The molecule has 2 rings (SSSR count). The van der Waals surface area contributed by atoms with Crippen molar-refractivity contribution >= 4 is 34.8 Å². The second-order valence-electron chi connectivity index (χ2n) is 6.68. The van der Waals surface area contributed by atoms with Crippen LogP contribution in [-0.2, 0) is 9.59 Å². The molecule has 1 N–H and O–H groups in total. The van der Waals surface area contributed by atoms with Crippen LogP contribution >= 0.6 is 11.6 Å². The number of amides is 2. The molecule has 0 spiro atoms. The van der Waals surface area contributed by atoms with E-state index in [4.69, 9.17) is 11.6 Å². The fourth-order valence-corrected chi connectivity index (χ4v) is 2.78. The number of anilines is 2. The largest absolute Gasteiger partial charge is 0.326 e. The number of nitrogens with one attached hydrogen (secondary N) is 1. The first-order valence-corrected chi connectivity index (χ1v) is 9.09. The van der Waals surface area contributed by atoms with Crippen molar-refractivity contribution in [3.63, 3.8) is 0 Å². The molecule has 2 aromatic rings. The van der Waals surface area contributed by atoms with Crippen molar-refractivity contribution in [1.82, 2.24) is 0 Å². The molecule has 4 nitrogen and oxygen atoms in total. The van der Waals surface area contributed by atoms with Crippen molar-refractivity contribution in [2.75, 3.05) is 16.8 Å². The Bertz CT molecular complexity index is 785. The molecule has 2 aromatic carbocycles. The highest BCUT2D eigenvalue weighted by Crippen LogP contribution is 2.23. The number of halogens is 1. The van der Waals surface area contributed by atoms with Crippen LogP contribution in [-0.4, -0.2) is 18.4 Å². The quantitative estimate of drug-likeness (QED) is 0.761. The molecule has 26 heavy (non-hydrogen) atoms. The molecule has 0 heterocycles. The molecule has 0 bridgehead atoms. The zero-order valence-electron chi connectivity index (χ0n) is 15.7. The summed E-state index contributed by atoms with van der Waals surface area (Å²) in [4.78, 5) is 25.8. The molecular formula is C21H25ClN2O2. The fourth-order valence-electron chi connectivity index (χ4n) is 2.61. The minimum absolute atomic E-state index is 0.126. The maximum atomic E-state index is 12.2. The van der Waals surface area contributed by atoms with Gasteiger partial charge in [-0.1, -0.05) is 43.6 Å². The Morgan fingerprint density at radius 2 is 1.77 bits per heavy atom. The van der Waals surface area contributed by atoms with Gasteiger partial charge in [0.15, 0.2) is 0 Å². The van der Waals surface area contributed by atoms with Crippen LogP contribution in [0.4, 0.5) is 11.4 Å². The number of carbonyl (C=O) groups excluding carboxylic acids is 2. The van der Waals surface area contributed by atoms with Crippen molar-refractivity contribution < 1.29 is 9.59 Å². The molecule has 0 radical (unpaired) electrons. The Balaban J connectivity index is 1.98. The average Bonchev–Trinajstić information content (AvgIpc) is 2.58. The van der Waals surface area contributed by atoms with Crippen molar-refractivity contribution in [1.29, 1.82) is 0 Å². The predicted octanol–water partition coefficient (Wildman–Crippen LogP) is 5.15. The summed E-state index contributed by atoms with van der Waals surface area (Å²) in [5.74, 6) is 0.191. The van der Waals surface area contributed by atoms with E-state index >= 15 is 0 Å². The Labute approximate surface area is 160 Å². The zero-order chi connectivity index (χ0) is 19.3. The van der Waals surface area contributed by atoms with Gasteiger partial charge in [0.1, 0.15) is 0 Å². The SMILES string of the molecule is CC(=O)N(CCC(=O)Nc1ccc(C(C)C)cc1)c1ccc(C)c(Cl)c1. The molecule has 138 valence electrons. The van der Waals surface area contributed by atoms with Gasteiger partial charge in [0.05, 0.1) is 0 Å². The number of hydrogen-bond acceptors (Lipinski definition) is 2. The number of carbonyl (C=O) groups is 2. The van der Waals surface area contributed by atoms with Crippen molar-refractivity contribution in [2.24, 2.45) is 0 Å². The number of nitrogens with zero attached hydrogens (tertiary/aromatic N) is 1. The van der Waals surface area contributed by atoms with E-state index < -0.39 is 0 Å². The van der Waals surface area contributed by atoms with Crippen LogP contribution in [0.5, 0.6) is 0 Å². The monoisotopic (exact) mass is 372 g/mol. The lowest BCUT2D eigenvalue weighted by Gasteiger charge is -2.21. The summed E-state index contributed by atoms with van der Waals surface area (Å²) in [7, 11) is 0. The third-order valence-corrected chi connectivity index (χ3v) is 4.68. The Morgan fingerprint density at radius 1 is 1.12 bits per heavy atom. The van der Waals surface area contributed by atoms with E-state index in [1.54, 1.807) is 11.0 Å². The second kappa shape index (κ2) is 8.86. The minimum Gasteiger partial charge on any atom is -0.326 e. The van der Waals surface area contributed by atoms with Gasteiger partial charge in [0.25, 0.3) is 0 Å². The van der Waals surface area contributed by atoms with Gasteiger partial charge >= 0.3 is 0 Å². The molecule has 0 aliphatic carbocycles. The highest BCUT2D eigenvalue weighted by atomic mass is 35.5. The van der Waals surface area contributed by atoms with Crippen LogP contribution in [0.15, 0.2) is 42.5 Å². The zero-order valence-corrected chi connectivity index (χ0v) is 16.4. The fraction of sp³-hybridized carbons (Fsp3) is 0.333. The van der Waals surface area contributed by atoms with Crippen molar-refractivity contribution in [3.05, 3.63) is 58.6 Å². The minimum atomic E-state index is -0.133. The lowest BCUT2D eigenvalue weighted by atomic mass is 10.0. The number of benzene rings is 2. The van der Waals surface area contributed by atoms with E-state index in [0.717, 1.165) is 11.3 Å². The number of hydrogen-bond donors (Lipinski definition) is 1. The normalized spacial score (nSPS) is 10.7. The Morgan fingerprint density at radius 3 is 2.31 bits per heavy atom. The third kappa shape index (κ3) is 5.33. The first-order valence-electron chi connectivity index (χ1n) is 8.72. The summed E-state index contributed by atoms with van der Waals surface area (Å²) >= 11 is 6.15. The van der Waals surface area contributed by atoms with Crippen LogP contribution < -0.4 is 10.2 Å². The first kappa shape index (κ1) is 20.0. The summed E-state index contributed by atoms with van der Waals surface area (Å²) in [5.41, 5.74) is 3.62. The molecule has 0 aliphatic rings. The van der Waals surface area contributed by atoms with Crippen LogP contribution in [0.1, 0.15) is 44.2 Å². The summed E-state index contributed by atoms with van der Waals surface area (Å²) in [6.45, 7) is 7.94. The number of aryl methyl sites for hydroxylation is 1. The van der Waals surface area contributed by atoms with Gasteiger partial charge in [-0.05, 0) is 48.2 Å². The van der Waals surface area contributed by atoms with Gasteiger partial charge in [-0.25, -0.2) is 0 Å². The lowest BCUT2D eigenvalue weighted by Crippen LogP contribution is -2.32. The van der Waals surface area contributed by atoms with E-state index in [9.17, 15) is 9.59 Å². The third-order valence-electron chi connectivity index (χ3n) is 4.27. The van der Waals surface area contributed by atoms with Gasteiger partial charge in [0, 0.05) is 36.3 Å². The molecule has 0 atom stereocenters. The highest BCUT2D eigenvalue weighted by Gasteiger charge is 2.14. The van der Waals surface area contributed by atoms with Gasteiger partial charge < -0.3 is 10.2 Å². The standard InChI is InChI=1S/C21H25ClN2O2/c1-14(2)17-6-8-18(9-7-17)23-21(26)11-12-24(16(4)25)19-10-5-15(3)20(22)13-19/h5-10,13-14H,11-12H2,1-4H3,(H,23,26). The summed E-state index contributed by atoms with van der Waals surface area (Å²) in [5, 5.41) is 3.47. The molecule has 0 unspecified atom stereocenters. The number of rotatable bonds is 6. The molecule has 0 aliphatic heterocycles. The van der Waals surface area contributed by atoms with E-state index in [0.29, 0.717) is 23.2 Å². The lowest BCUT2D eigenvalue weighted by molar-refractivity contribution is -0.117. The second-order valence-corrected chi connectivity index (χ2v) is 7.09. The molecule has 5 heteroatoms. The molecule has 0 saturated heterocycles. The van der Waals surface area contributed by atoms with E-state index in [2.05, 4.69) is 19.2 Å².